The summed E-state index contributed by atoms with van der Waals surface area (Å²) in [6.45, 7) is 2.03. The first-order valence-electron chi connectivity index (χ1n) is 5.78. The van der Waals surface area contributed by atoms with Gasteiger partial charge in [0.15, 0.2) is 11.6 Å². The highest BCUT2D eigenvalue weighted by Crippen LogP contribution is 2.19. The Kier molecular flexibility index (Phi) is 6.00. The molecule has 0 saturated heterocycles. The topological polar surface area (TPSA) is 43.4 Å². The van der Waals surface area contributed by atoms with Crippen LogP contribution in [0.1, 0.15) is 19.8 Å². The number of hydrogen-bond acceptors (Lipinski definition) is 3. The highest BCUT2D eigenvalue weighted by Gasteiger charge is 2.11. The van der Waals surface area contributed by atoms with Gasteiger partial charge in [0.05, 0.1) is 12.4 Å². The lowest BCUT2D eigenvalue weighted by atomic mass is 10.1. The number of benzene rings is 1. The molecule has 1 aromatic rings. The second-order valence-corrected chi connectivity index (χ2v) is 7.25. The van der Waals surface area contributed by atoms with Crippen molar-refractivity contribution in [2.75, 3.05) is 12.4 Å². The Balaban J connectivity index is 2.35. The van der Waals surface area contributed by atoms with Gasteiger partial charge in [0.25, 0.3) is 0 Å². The minimum absolute atomic E-state index is 0.0603. The fraction of sp³-hybridized carbons (Fsp3) is 0.500. The minimum Gasteiger partial charge on any atom is -0.490 e. The number of rotatable bonds is 7. The van der Waals surface area contributed by atoms with E-state index in [-0.39, 0.29) is 24.0 Å². The lowest BCUT2D eigenvalue weighted by molar-refractivity contribution is 0.269. The highest BCUT2D eigenvalue weighted by molar-refractivity contribution is 8.13. The standard InChI is InChI=1S/C12H15ClF2O3S/c1-9(5-7-19(13,16)17)4-6-18-12-8-10(14)2-3-11(12)15/h2-3,8-9H,4-7H2,1H3. The maximum absolute atomic E-state index is 13.2. The van der Waals surface area contributed by atoms with Crippen LogP contribution in [0.5, 0.6) is 5.75 Å². The Morgan fingerprint density at radius 2 is 2.00 bits per heavy atom. The lowest BCUT2D eigenvalue weighted by Gasteiger charge is -2.11. The van der Waals surface area contributed by atoms with E-state index in [0.29, 0.717) is 12.8 Å². The number of halogens is 3. The predicted molar refractivity (Wildman–Crippen MR) is 69.9 cm³/mol. The van der Waals surface area contributed by atoms with Crippen LogP contribution >= 0.6 is 10.7 Å². The zero-order valence-corrected chi connectivity index (χ0v) is 12.0. The molecule has 0 aliphatic carbocycles. The molecule has 0 heterocycles. The van der Waals surface area contributed by atoms with E-state index in [1.165, 1.54) is 0 Å². The molecule has 7 heteroatoms. The molecule has 19 heavy (non-hydrogen) atoms. The van der Waals surface area contributed by atoms with Crippen molar-refractivity contribution in [1.29, 1.82) is 0 Å². The number of ether oxygens (including phenoxy) is 1. The summed E-state index contributed by atoms with van der Waals surface area (Å²) in [5.74, 6) is -1.39. The Morgan fingerprint density at radius 1 is 1.32 bits per heavy atom. The molecule has 0 saturated carbocycles. The van der Waals surface area contributed by atoms with Crippen LogP contribution in [0.3, 0.4) is 0 Å². The largest absolute Gasteiger partial charge is 0.490 e. The first kappa shape index (κ1) is 16.2. The summed E-state index contributed by atoms with van der Waals surface area (Å²) in [5.41, 5.74) is 0. The van der Waals surface area contributed by atoms with E-state index >= 15 is 0 Å². The van der Waals surface area contributed by atoms with E-state index in [1.54, 1.807) is 0 Å². The third-order valence-corrected chi connectivity index (χ3v) is 3.80. The van der Waals surface area contributed by atoms with Gasteiger partial charge >= 0.3 is 0 Å². The SMILES string of the molecule is CC(CCOc1cc(F)ccc1F)CCS(=O)(=O)Cl. The van der Waals surface area contributed by atoms with E-state index in [0.717, 1.165) is 18.2 Å². The molecule has 0 amide bonds. The molecule has 0 fully saturated rings. The van der Waals surface area contributed by atoms with Crippen LogP contribution in [0.15, 0.2) is 18.2 Å². The van der Waals surface area contributed by atoms with Gasteiger partial charge in [0.1, 0.15) is 5.82 Å². The third kappa shape index (κ3) is 6.73. The van der Waals surface area contributed by atoms with Crippen molar-refractivity contribution in [2.45, 2.75) is 19.8 Å². The van der Waals surface area contributed by atoms with E-state index < -0.39 is 20.7 Å². The summed E-state index contributed by atoms with van der Waals surface area (Å²) >= 11 is 0. The fourth-order valence-electron chi connectivity index (χ4n) is 1.44. The fourth-order valence-corrected chi connectivity index (χ4v) is 2.40. The summed E-state index contributed by atoms with van der Waals surface area (Å²) < 4.78 is 52.7. The van der Waals surface area contributed by atoms with Crippen LogP contribution in [0.25, 0.3) is 0 Å². The summed E-state index contributed by atoms with van der Waals surface area (Å²) in [5, 5.41) is 0. The summed E-state index contributed by atoms with van der Waals surface area (Å²) in [4.78, 5) is 0. The first-order chi connectivity index (χ1) is 8.78. The van der Waals surface area contributed by atoms with E-state index in [9.17, 15) is 17.2 Å². The summed E-state index contributed by atoms with van der Waals surface area (Å²) in [6.07, 6.45) is 0.934. The zero-order chi connectivity index (χ0) is 14.5. The van der Waals surface area contributed by atoms with Gasteiger partial charge in [-0.3, -0.25) is 0 Å². The van der Waals surface area contributed by atoms with Gasteiger partial charge in [-0.25, -0.2) is 17.2 Å². The Morgan fingerprint density at radius 3 is 2.63 bits per heavy atom. The zero-order valence-electron chi connectivity index (χ0n) is 10.4. The van der Waals surface area contributed by atoms with Crippen molar-refractivity contribution in [3.8, 4) is 5.75 Å². The minimum atomic E-state index is -3.49. The van der Waals surface area contributed by atoms with Gasteiger partial charge in [0, 0.05) is 16.7 Å². The normalized spacial score (nSPS) is 13.3. The molecule has 0 aliphatic heterocycles. The smallest absolute Gasteiger partial charge is 0.232 e. The predicted octanol–water partition coefficient (Wildman–Crippen LogP) is 3.33. The molecule has 0 aliphatic rings. The van der Waals surface area contributed by atoms with Crippen LogP contribution in [0.4, 0.5) is 8.78 Å². The van der Waals surface area contributed by atoms with E-state index in [1.807, 2.05) is 6.92 Å². The molecule has 1 unspecified atom stereocenters. The third-order valence-electron chi connectivity index (χ3n) is 2.62. The van der Waals surface area contributed by atoms with Crippen molar-refractivity contribution in [3.63, 3.8) is 0 Å². The molecule has 1 atom stereocenters. The monoisotopic (exact) mass is 312 g/mol. The molecule has 0 aromatic heterocycles. The molecule has 0 spiro atoms. The van der Waals surface area contributed by atoms with Crippen molar-refractivity contribution in [2.24, 2.45) is 5.92 Å². The van der Waals surface area contributed by atoms with Crippen LogP contribution in [-0.2, 0) is 9.05 Å². The molecule has 108 valence electrons. The Labute approximate surface area is 115 Å². The van der Waals surface area contributed by atoms with Gasteiger partial charge < -0.3 is 4.74 Å². The van der Waals surface area contributed by atoms with Crippen LogP contribution in [0.2, 0.25) is 0 Å². The van der Waals surface area contributed by atoms with Gasteiger partial charge in [-0.05, 0) is 30.9 Å². The first-order valence-corrected chi connectivity index (χ1v) is 8.26. The van der Waals surface area contributed by atoms with Gasteiger partial charge in [0.2, 0.25) is 9.05 Å². The van der Waals surface area contributed by atoms with Crippen molar-refractivity contribution in [3.05, 3.63) is 29.8 Å². The average molecular weight is 313 g/mol. The van der Waals surface area contributed by atoms with Gasteiger partial charge in [-0.15, -0.1) is 0 Å². The van der Waals surface area contributed by atoms with Crippen LogP contribution < -0.4 is 4.74 Å². The number of hydrogen-bond donors (Lipinski definition) is 0. The van der Waals surface area contributed by atoms with Gasteiger partial charge in [-0.2, -0.15) is 0 Å². The quantitative estimate of drug-likeness (QED) is 0.725. The second kappa shape index (κ2) is 7.05. The van der Waals surface area contributed by atoms with Crippen molar-refractivity contribution < 1.29 is 21.9 Å². The maximum Gasteiger partial charge on any atom is 0.232 e. The second-order valence-electron chi connectivity index (χ2n) is 4.35. The molecule has 0 radical (unpaired) electrons. The molecular weight excluding hydrogens is 298 g/mol. The molecule has 1 aromatic carbocycles. The van der Waals surface area contributed by atoms with E-state index in [2.05, 4.69) is 0 Å². The Hall–Kier alpha value is -0.880. The Bertz CT molecular complexity index is 520. The maximum atomic E-state index is 13.2. The molecule has 0 N–H and O–H groups in total. The van der Waals surface area contributed by atoms with Crippen molar-refractivity contribution in [1.82, 2.24) is 0 Å². The van der Waals surface area contributed by atoms with Crippen LogP contribution in [0, 0.1) is 17.6 Å². The molecule has 0 bridgehead atoms. The van der Waals surface area contributed by atoms with E-state index in [4.69, 9.17) is 15.4 Å². The van der Waals surface area contributed by atoms with Gasteiger partial charge in [-0.1, -0.05) is 6.92 Å². The van der Waals surface area contributed by atoms with Crippen LogP contribution in [-0.4, -0.2) is 20.8 Å². The summed E-state index contributed by atoms with van der Waals surface area (Å²) in [6, 6.07) is 2.98. The lowest BCUT2D eigenvalue weighted by Crippen LogP contribution is -2.09. The molecular formula is C12H15ClF2O3S. The molecule has 3 nitrogen and oxygen atoms in total. The molecule has 1 rings (SSSR count). The average Bonchev–Trinajstić information content (AvgIpc) is 2.30. The summed E-state index contributed by atoms with van der Waals surface area (Å²) in [7, 11) is 1.61. The highest BCUT2D eigenvalue weighted by atomic mass is 35.7. The van der Waals surface area contributed by atoms with Crippen molar-refractivity contribution >= 4 is 19.7 Å².